The van der Waals surface area contributed by atoms with E-state index in [-0.39, 0.29) is 0 Å². The summed E-state index contributed by atoms with van der Waals surface area (Å²) in [5, 5.41) is 21.7. The van der Waals surface area contributed by atoms with Crippen molar-refractivity contribution in [2.45, 2.75) is 0 Å². The predicted molar refractivity (Wildman–Crippen MR) is 64.0 cm³/mol. The van der Waals surface area contributed by atoms with Crippen LogP contribution in [0.3, 0.4) is 0 Å². The predicted octanol–water partition coefficient (Wildman–Crippen LogP) is 1.17. The number of benzene rings is 1. The lowest BCUT2D eigenvalue weighted by Crippen LogP contribution is -2.30. The third-order valence-electron chi connectivity index (χ3n) is 2.52. The number of nitrogens with one attached hydrogen (secondary N) is 1. The number of nitrogens with zero attached hydrogens (tertiary/aromatic N) is 4. The van der Waals surface area contributed by atoms with Gasteiger partial charge >= 0.3 is 0 Å². The topological polar surface area (TPSA) is 81.4 Å². The molecule has 0 aliphatic heterocycles. The Hall–Kier alpha value is -2.76. The second-order valence-corrected chi connectivity index (χ2v) is 3.70. The molecule has 0 bridgehead atoms. The molecule has 6 nitrogen and oxygen atoms in total. The third kappa shape index (κ3) is 1.91. The van der Waals surface area contributed by atoms with Crippen molar-refractivity contribution in [2.75, 3.05) is 0 Å². The van der Waals surface area contributed by atoms with E-state index in [2.05, 4.69) is 20.3 Å². The van der Waals surface area contributed by atoms with Gasteiger partial charge < -0.3 is 5.21 Å². The van der Waals surface area contributed by atoms with E-state index < -0.39 is 0 Å². The summed E-state index contributed by atoms with van der Waals surface area (Å²) in [6, 6.07) is 9.47. The van der Waals surface area contributed by atoms with E-state index in [4.69, 9.17) is 0 Å². The summed E-state index contributed by atoms with van der Waals surface area (Å²) in [6.07, 6.45) is 4.37. The van der Waals surface area contributed by atoms with Crippen LogP contribution in [0.5, 0.6) is 0 Å². The molecule has 0 radical (unpaired) electrons. The summed E-state index contributed by atoms with van der Waals surface area (Å²) in [7, 11) is 0. The highest BCUT2D eigenvalue weighted by Gasteiger charge is 2.07. The Morgan fingerprint density at radius 3 is 2.78 bits per heavy atom. The van der Waals surface area contributed by atoms with Gasteiger partial charge in [0.15, 0.2) is 0 Å². The molecule has 0 unspecified atom stereocenters. The van der Waals surface area contributed by atoms with Crippen LogP contribution in [0.15, 0.2) is 48.9 Å². The van der Waals surface area contributed by atoms with Gasteiger partial charge in [0.1, 0.15) is 0 Å². The second-order valence-electron chi connectivity index (χ2n) is 3.70. The molecule has 0 saturated carbocycles. The standard InChI is InChI=1S/C12H9N5O/c18-17-7-6-13-12(16-17)10-3-1-2-9(8-10)11-4-5-14-15-11/h1-8H,(H,14,15). The zero-order chi connectivity index (χ0) is 12.4. The minimum absolute atomic E-state index is 0.397. The number of hydrogen-bond donors (Lipinski definition) is 1. The molecule has 88 valence electrons. The molecule has 3 rings (SSSR count). The van der Waals surface area contributed by atoms with Crippen LogP contribution in [0.1, 0.15) is 0 Å². The lowest BCUT2D eigenvalue weighted by Gasteiger charge is -2.01. The largest absolute Gasteiger partial charge is 0.594 e. The zero-order valence-electron chi connectivity index (χ0n) is 9.32. The Bertz CT molecular complexity index is 666. The molecule has 0 spiro atoms. The van der Waals surface area contributed by atoms with Crippen molar-refractivity contribution in [3.05, 3.63) is 54.1 Å². The monoisotopic (exact) mass is 239 g/mol. The Labute approximate surface area is 103 Å². The average molecular weight is 239 g/mol. The molecule has 0 atom stereocenters. The first-order valence-electron chi connectivity index (χ1n) is 5.35. The van der Waals surface area contributed by atoms with Gasteiger partial charge in [0.05, 0.1) is 11.9 Å². The van der Waals surface area contributed by atoms with Gasteiger partial charge in [0.2, 0.25) is 12.0 Å². The number of aromatic nitrogens is 5. The van der Waals surface area contributed by atoms with Gasteiger partial charge in [0.25, 0.3) is 0 Å². The molecule has 0 amide bonds. The van der Waals surface area contributed by atoms with Crippen molar-refractivity contribution >= 4 is 0 Å². The van der Waals surface area contributed by atoms with Crippen molar-refractivity contribution in [2.24, 2.45) is 0 Å². The summed E-state index contributed by atoms with van der Waals surface area (Å²) in [6.45, 7) is 0. The molecule has 0 saturated heterocycles. The zero-order valence-corrected chi connectivity index (χ0v) is 9.32. The van der Waals surface area contributed by atoms with Crippen molar-refractivity contribution < 1.29 is 4.85 Å². The van der Waals surface area contributed by atoms with Crippen LogP contribution in [0.25, 0.3) is 22.6 Å². The maximum absolute atomic E-state index is 11.1. The highest BCUT2D eigenvalue weighted by Crippen LogP contribution is 2.21. The number of H-pyrrole nitrogens is 1. The van der Waals surface area contributed by atoms with Crippen LogP contribution in [-0.2, 0) is 0 Å². The molecular weight excluding hydrogens is 230 g/mol. The normalized spacial score (nSPS) is 10.4. The van der Waals surface area contributed by atoms with E-state index in [0.717, 1.165) is 16.8 Å². The van der Waals surface area contributed by atoms with E-state index in [1.807, 2.05) is 30.3 Å². The van der Waals surface area contributed by atoms with Crippen molar-refractivity contribution in [3.8, 4) is 22.6 Å². The molecule has 0 aliphatic rings. The first-order chi connectivity index (χ1) is 8.83. The first-order valence-corrected chi connectivity index (χ1v) is 5.35. The van der Waals surface area contributed by atoms with Crippen LogP contribution in [0.4, 0.5) is 0 Å². The van der Waals surface area contributed by atoms with E-state index in [1.54, 1.807) is 6.20 Å². The summed E-state index contributed by atoms with van der Waals surface area (Å²) in [5.41, 5.74) is 2.66. The van der Waals surface area contributed by atoms with Gasteiger partial charge in [-0.3, -0.25) is 5.10 Å². The van der Waals surface area contributed by atoms with Gasteiger partial charge in [0, 0.05) is 22.4 Å². The van der Waals surface area contributed by atoms with E-state index in [9.17, 15) is 5.21 Å². The fourth-order valence-electron chi connectivity index (χ4n) is 1.69. The molecule has 0 aliphatic carbocycles. The lowest BCUT2D eigenvalue weighted by atomic mass is 10.1. The second kappa shape index (κ2) is 4.25. The lowest BCUT2D eigenvalue weighted by molar-refractivity contribution is -0.668. The number of rotatable bonds is 2. The average Bonchev–Trinajstić information content (AvgIpc) is 2.93. The molecular formula is C12H9N5O. The Morgan fingerprint density at radius 1 is 1.11 bits per heavy atom. The van der Waals surface area contributed by atoms with Gasteiger partial charge in [-0.1, -0.05) is 23.0 Å². The van der Waals surface area contributed by atoms with E-state index >= 15 is 0 Å². The van der Waals surface area contributed by atoms with Crippen LogP contribution in [0, 0.1) is 5.21 Å². The van der Waals surface area contributed by atoms with E-state index in [1.165, 1.54) is 12.4 Å². The molecule has 1 aromatic carbocycles. The van der Waals surface area contributed by atoms with Crippen LogP contribution in [0.2, 0.25) is 0 Å². The highest BCUT2D eigenvalue weighted by atomic mass is 16.5. The quantitative estimate of drug-likeness (QED) is 0.537. The highest BCUT2D eigenvalue weighted by molar-refractivity contribution is 5.67. The van der Waals surface area contributed by atoms with Gasteiger partial charge in [-0.05, 0) is 12.1 Å². The Balaban J connectivity index is 2.06. The van der Waals surface area contributed by atoms with Gasteiger partial charge in [-0.2, -0.15) is 5.10 Å². The van der Waals surface area contributed by atoms with Crippen molar-refractivity contribution in [1.29, 1.82) is 0 Å². The first kappa shape index (κ1) is 10.4. The summed E-state index contributed by atoms with van der Waals surface area (Å²) in [5.74, 6) is 0.397. The van der Waals surface area contributed by atoms with Gasteiger partial charge in [-0.25, -0.2) is 4.98 Å². The number of hydrogen-bond acceptors (Lipinski definition) is 4. The summed E-state index contributed by atoms with van der Waals surface area (Å²) >= 11 is 0. The molecule has 1 N–H and O–H groups in total. The maximum atomic E-state index is 11.1. The molecule has 6 heteroatoms. The van der Waals surface area contributed by atoms with Crippen molar-refractivity contribution in [3.63, 3.8) is 0 Å². The SMILES string of the molecule is [O-][n+]1ccnc(-c2cccc(-c3ccn[nH]3)c2)n1. The van der Waals surface area contributed by atoms with Crippen LogP contribution in [-0.4, -0.2) is 20.3 Å². The molecule has 3 aromatic rings. The molecule has 2 heterocycles. The third-order valence-corrected chi connectivity index (χ3v) is 2.52. The minimum atomic E-state index is 0.397. The molecule has 0 fully saturated rings. The Kier molecular flexibility index (Phi) is 2.45. The van der Waals surface area contributed by atoms with E-state index in [0.29, 0.717) is 10.7 Å². The van der Waals surface area contributed by atoms with Crippen molar-refractivity contribution in [1.82, 2.24) is 20.3 Å². The number of aromatic amines is 1. The fraction of sp³-hybridized carbons (Fsp3) is 0. The summed E-state index contributed by atoms with van der Waals surface area (Å²) in [4.78, 5) is 4.57. The molecule has 2 aromatic heterocycles. The van der Waals surface area contributed by atoms with Crippen LogP contribution >= 0.6 is 0 Å². The summed E-state index contributed by atoms with van der Waals surface area (Å²) < 4.78 is 0. The van der Waals surface area contributed by atoms with Gasteiger partial charge in [-0.15, -0.1) is 0 Å². The molecule has 18 heavy (non-hydrogen) atoms. The Morgan fingerprint density at radius 2 is 2.00 bits per heavy atom. The smallest absolute Gasteiger partial charge is 0.228 e. The minimum Gasteiger partial charge on any atom is -0.594 e. The fourth-order valence-corrected chi connectivity index (χ4v) is 1.69. The maximum Gasteiger partial charge on any atom is 0.228 e. The van der Waals surface area contributed by atoms with Crippen LogP contribution < -0.4 is 4.85 Å².